The van der Waals surface area contributed by atoms with E-state index in [1.54, 1.807) is 6.07 Å². The molecule has 3 nitrogen and oxygen atoms in total. The molecule has 0 radical (unpaired) electrons. The maximum Gasteiger partial charge on any atom is 0.175 e. The van der Waals surface area contributed by atoms with Gasteiger partial charge in [-0.15, -0.1) is 0 Å². The van der Waals surface area contributed by atoms with E-state index in [0.717, 1.165) is 24.1 Å². The summed E-state index contributed by atoms with van der Waals surface area (Å²) >= 11 is 0. The molecule has 1 aromatic carbocycles. The van der Waals surface area contributed by atoms with Gasteiger partial charge in [0.1, 0.15) is 0 Å². The van der Waals surface area contributed by atoms with Crippen molar-refractivity contribution in [1.29, 1.82) is 0 Å². The van der Waals surface area contributed by atoms with Crippen molar-refractivity contribution < 1.29 is 8.42 Å². The predicted octanol–water partition coefficient (Wildman–Crippen LogP) is 1.16. The van der Waals surface area contributed by atoms with E-state index in [4.69, 9.17) is 0 Å². The third-order valence-electron chi connectivity index (χ3n) is 2.27. The van der Waals surface area contributed by atoms with Gasteiger partial charge < -0.3 is 5.32 Å². The first-order chi connectivity index (χ1) is 6.95. The zero-order valence-corrected chi connectivity index (χ0v) is 10.2. The third-order valence-corrected chi connectivity index (χ3v) is 3.45. The van der Waals surface area contributed by atoms with Gasteiger partial charge in [-0.1, -0.05) is 12.1 Å². The molecule has 15 heavy (non-hydrogen) atoms. The second kappa shape index (κ2) is 4.77. The highest BCUT2D eigenvalue weighted by Gasteiger charge is 2.12. The molecule has 1 rings (SSSR count). The zero-order valence-electron chi connectivity index (χ0n) is 9.37. The molecule has 0 aromatic heterocycles. The van der Waals surface area contributed by atoms with Crippen LogP contribution in [-0.4, -0.2) is 28.3 Å². The summed E-state index contributed by atoms with van der Waals surface area (Å²) in [6, 6.07) is 5.57. The Morgan fingerprint density at radius 3 is 2.53 bits per heavy atom. The van der Waals surface area contributed by atoms with E-state index < -0.39 is 9.84 Å². The van der Waals surface area contributed by atoms with E-state index in [2.05, 4.69) is 5.32 Å². The van der Waals surface area contributed by atoms with Gasteiger partial charge in [0.2, 0.25) is 0 Å². The molecular weight excluding hydrogens is 210 g/mol. The van der Waals surface area contributed by atoms with Crippen LogP contribution in [0, 0.1) is 6.92 Å². The monoisotopic (exact) mass is 227 g/mol. The second-order valence-corrected chi connectivity index (χ2v) is 5.72. The molecule has 0 spiro atoms. The molecule has 1 N–H and O–H groups in total. The molecule has 0 fully saturated rings. The summed E-state index contributed by atoms with van der Waals surface area (Å²) in [7, 11) is -1.26. The van der Waals surface area contributed by atoms with Gasteiger partial charge in [0.25, 0.3) is 0 Å². The van der Waals surface area contributed by atoms with Crippen LogP contribution in [0.5, 0.6) is 0 Å². The largest absolute Gasteiger partial charge is 0.319 e. The number of hydrogen-bond donors (Lipinski definition) is 1. The number of rotatable bonds is 4. The highest BCUT2D eigenvalue weighted by atomic mass is 32.2. The Labute approximate surface area is 91.4 Å². The Balaban J connectivity index is 3.15. The van der Waals surface area contributed by atoms with Gasteiger partial charge >= 0.3 is 0 Å². The Hall–Kier alpha value is -0.870. The highest BCUT2D eigenvalue weighted by molar-refractivity contribution is 7.90. The van der Waals surface area contributed by atoms with E-state index in [1.807, 2.05) is 26.1 Å². The number of benzene rings is 1. The van der Waals surface area contributed by atoms with Crippen molar-refractivity contribution in [2.24, 2.45) is 0 Å². The first-order valence-corrected chi connectivity index (χ1v) is 6.78. The quantitative estimate of drug-likeness (QED) is 0.839. The topological polar surface area (TPSA) is 46.2 Å². The summed E-state index contributed by atoms with van der Waals surface area (Å²) in [5.74, 6) is 0. The van der Waals surface area contributed by atoms with Gasteiger partial charge in [-0.25, -0.2) is 8.42 Å². The fraction of sp³-hybridized carbons (Fsp3) is 0.455. The normalized spacial score (nSPS) is 11.7. The van der Waals surface area contributed by atoms with Crippen LogP contribution in [-0.2, 0) is 16.3 Å². The van der Waals surface area contributed by atoms with Gasteiger partial charge in [-0.3, -0.25) is 0 Å². The molecule has 0 atom stereocenters. The number of nitrogens with one attached hydrogen (secondary N) is 1. The molecule has 0 heterocycles. The van der Waals surface area contributed by atoms with Crippen molar-refractivity contribution >= 4 is 9.84 Å². The fourth-order valence-electron chi connectivity index (χ4n) is 1.47. The third kappa shape index (κ3) is 3.32. The van der Waals surface area contributed by atoms with Crippen LogP contribution in [0.15, 0.2) is 23.1 Å². The summed E-state index contributed by atoms with van der Waals surface area (Å²) in [6.45, 7) is 2.68. The first-order valence-electron chi connectivity index (χ1n) is 4.89. The molecule has 0 aliphatic rings. The van der Waals surface area contributed by atoms with Gasteiger partial charge in [-0.05, 0) is 44.1 Å². The number of aryl methyl sites for hydroxylation is 1. The number of sulfone groups is 1. The zero-order chi connectivity index (χ0) is 11.5. The van der Waals surface area contributed by atoms with E-state index in [9.17, 15) is 8.42 Å². The molecule has 0 unspecified atom stereocenters. The van der Waals surface area contributed by atoms with Crippen LogP contribution in [0.25, 0.3) is 0 Å². The molecule has 0 saturated heterocycles. The summed E-state index contributed by atoms with van der Waals surface area (Å²) in [4.78, 5) is 0.456. The van der Waals surface area contributed by atoms with Gasteiger partial charge in [0.05, 0.1) is 4.90 Å². The molecule has 0 aliphatic heterocycles. The molecule has 4 heteroatoms. The smallest absolute Gasteiger partial charge is 0.175 e. The summed E-state index contributed by atoms with van der Waals surface area (Å²) in [5.41, 5.74) is 1.86. The molecule has 0 amide bonds. The molecular formula is C11H17NO2S. The van der Waals surface area contributed by atoms with Crippen LogP contribution >= 0.6 is 0 Å². The molecule has 0 bridgehead atoms. The molecule has 84 valence electrons. The standard InChI is InChI=1S/C11H17NO2S/c1-9-4-5-10(6-7-12-2)11(8-9)15(3,13)14/h4-5,8,12H,6-7H2,1-3H3. The minimum atomic E-state index is -3.11. The first kappa shape index (κ1) is 12.2. The van der Waals surface area contributed by atoms with Crippen molar-refractivity contribution in [2.75, 3.05) is 19.8 Å². The molecule has 1 aromatic rings. The van der Waals surface area contributed by atoms with Crippen LogP contribution in [0.1, 0.15) is 11.1 Å². The lowest BCUT2D eigenvalue weighted by molar-refractivity contribution is 0.600. The van der Waals surface area contributed by atoms with Crippen molar-refractivity contribution in [3.8, 4) is 0 Å². The lowest BCUT2D eigenvalue weighted by Gasteiger charge is -2.08. The Morgan fingerprint density at radius 1 is 1.33 bits per heavy atom. The van der Waals surface area contributed by atoms with Crippen molar-refractivity contribution in [3.05, 3.63) is 29.3 Å². The van der Waals surface area contributed by atoms with E-state index in [-0.39, 0.29) is 0 Å². The predicted molar refractivity (Wildman–Crippen MR) is 61.9 cm³/mol. The molecule has 0 aliphatic carbocycles. The lowest BCUT2D eigenvalue weighted by atomic mass is 10.1. The number of likely N-dealkylation sites (N-methyl/N-ethyl adjacent to an activating group) is 1. The minimum absolute atomic E-state index is 0.456. The Bertz CT molecular complexity index is 438. The second-order valence-electron chi connectivity index (χ2n) is 3.74. The van der Waals surface area contributed by atoms with E-state index >= 15 is 0 Å². The van der Waals surface area contributed by atoms with Crippen LogP contribution in [0.2, 0.25) is 0 Å². The fourth-order valence-corrected chi connectivity index (χ4v) is 2.52. The van der Waals surface area contributed by atoms with Crippen molar-refractivity contribution in [2.45, 2.75) is 18.2 Å². The van der Waals surface area contributed by atoms with Crippen molar-refractivity contribution in [3.63, 3.8) is 0 Å². The minimum Gasteiger partial charge on any atom is -0.319 e. The SMILES string of the molecule is CNCCc1ccc(C)cc1S(C)(=O)=O. The highest BCUT2D eigenvalue weighted by Crippen LogP contribution is 2.17. The maximum atomic E-state index is 11.5. The number of hydrogen-bond acceptors (Lipinski definition) is 3. The van der Waals surface area contributed by atoms with Gasteiger partial charge in [-0.2, -0.15) is 0 Å². The Kier molecular flexibility index (Phi) is 3.88. The lowest BCUT2D eigenvalue weighted by Crippen LogP contribution is -2.13. The summed E-state index contributed by atoms with van der Waals surface area (Å²) in [6.07, 6.45) is 1.99. The van der Waals surface area contributed by atoms with Gasteiger partial charge in [0, 0.05) is 6.26 Å². The Morgan fingerprint density at radius 2 is 2.00 bits per heavy atom. The van der Waals surface area contributed by atoms with Crippen molar-refractivity contribution in [1.82, 2.24) is 5.32 Å². The van der Waals surface area contributed by atoms with E-state index in [0.29, 0.717) is 4.90 Å². The maximum absolute atomic E-state index is 11.5. The van der Waals surface area contributed by atoms with E-state index in [1.165, 1.54) is 6.26 Å². The summed E-state index contributed by atoms with van der Waals surface area (Å²) in [5, 5.41) is 3.01. The molecule has 0 saturated carbocycles. The van der Waals surface area contributed by atoms with Gasteiger partial charge in [0.15, 0.2) is 9.84 Å². The van der Waals surface area contributed by atoms with Crippen LogP contribution < -0.4 is 5.32 Å². The van der Waals surface area contributed by atoms with Crippen LogP contribution in [0.4, 0.5) is 0 Å². The van der Waals surface area contributed by atoms with Crippen LogP contribution in [0.3, 0.4) is 0 Å². The average molecular weight is 227 g/mol. The average Bonchev–Trinajstić information content (AvgIpc) is 2.14. The summed E-state index contributed by atoms with van der Waals surface area (Å²) < 4.78 is 23.1.